The number of hydrazone groups is 1. The van der Waals surface area contributed by atoms with Crippen molar-refractivity contribution in [3.8, 4) is 0 Å². The van der Waals surface area contributed by atoms with E-state index in [2.05, 4.69) is 15.8 Å². The Morgan fingerprint density at radius 1 is 1.35 bits per heavy atom. The molecule has 0 saturated carbocycles. The largest absolute Gasteiger partial charge is 0.447 e. The van der Waals surface area contributed by atoms with Crippen molar-refractivity contribution in [1.29, 1.82) is 0 Å². The zero-order valence-corrected chi connectivity index (χ0v) is 10.2. The normalized spacial score (nSPS) is 10.6. The molecule has 0 spiro atoms. The molecule has 0 saturated heterocycles. The van der Waals surface area contributed by atoms with Gasteiger partial charge in [-0.2, -0.15) is 5.10 Å². The van der Waals surface area contributed by atoms with Gasteiger partial charge in [0.05, 0.1) is 12.3 Å². The van der Waals surface area contributed by atoms with E-state index in [9.17, 15) is 4.79 Å². The van der Waals surface area contributed by atoms with Crippen LogP contribution in [0, 0.1) is 0 Å². The van der Waals surface area contributed by atoms with Crippen LogP contribution in [0.4, 0.5) is 10.5 Å². The summed E-state index contributed by atoms with van der Waals surface area (Å²) in [4.78, 5) is 11.3. The maximum atomic E-state index is 11.3. The van der Waals surface area contributed by atoms with Crippen LogP contribution in [0.5, 0.6) is 0 Å². The molecule has 1 rings (SSSR count). The molecule has 5 heteroatoms. The number of rotatable bonds is 4. The van der Waals surface area contributed by atoms with E-state index in [-0.39, 0.29) is 6.10 Å². The molecular weight excluding hydrogens is 218 g/mol. The number of nitrogens with one attached hydrogen (secondary N) is 2. The molecule has 0 aliphatic heterocycles. The molecule has 0 radical (unpaired) electrons. The molecule has 0 aliphatic rings. The quantitative estimate of drug-likeness (QED) is 0.621. The number of ether oxygens (including phenoxy) is 1. The first-order valence-electron chi connectivity index (χ1n) is 5.39. The smallest absolute Gasteiger partial charge is 0.411 e. The van der Waals surface area contributed by atoms with Crippen LogP contribution in [0.15, 0.2) is 29.4 Å². The van der Waals surface area contributed by atoms with Crippen molar-refractivity contribution in [2.45, 2.75) is 20.0 Å². The van der Waals surface area contributed by atoms with Crippen LogP contribution in [0.3, 0.4) is 0 Å². The molecule has 17 heavy (non-hydrogen) atoms. The lowest BCUT2D eigenvalue weighted by Crippen LogP contribution is -2.17. The molecule has 0 aliphatic carbocycles. The highest BCUT2D eigenvalue weighted by Gasteiger charge is 2.04. The second kappa shape index (κ2) is 6.52. The maximum absolute atomic E-state index is 11.3. The fourth-order valence-electron chi connectivity index (χ4n) is 1.15. The third-order valence-corrected chi connectivity index (χ3v) is 1.84. The maximum Gasteiger partial charge on any atom is 0.411 e. The first-order valence-corrected chi connectivity index (χ1v) is 5.39. The molecule has 0 aromatic heterocycles. The summed E-state index contributed by atoms with van der Waals surface area (Å²) in [5.74, 6) is 0. The minimum atomic E-state index is -0.448. The Bertz CT molecular complexity index is 385. The van der Waals surface area contributed by atoms with Gasteiger partial charge in [-0.1, -0.05) is 12.1 Å². The van der Waals surface area contributed by atoms with Crippen molar-refractivity contribution >= 4 is 18.0 Å². The Hall–Kier alpha value is -2.04. The van der Waals surface area contributed by atoms with E-state index in [4.69, 9.17) is 4.74 Å². The van der Waals surface area contributed by atoms with Crippen LogP contribution in [-0.4, -0.2) is 25.5 Å². The average molecular weight is 235 g/mol. The monoisotopic (exact) mass is 235 g/mol. The molecule has 1 aromatic carbocycles. The standard InChI is InChI=1S/C12H17N3O2/c1-9(2)17-12(16)15-11-6-4-10(5-7-11)8-14-13-3/h4-9,13H,1-3H3,(H,15,16). The van der Waals surface area contributed by atoms with Crippen molar-refractivity contribution in [2.24, 2.45) is 5.10 Å². The Labute approximate surface area is 101 Å². The highest BCUT2D eigenvalue weighted by Crippen LogP contribution is 2.09. The van der Waals surface area contributed by atoms with Gasteiger partial charge in [-0.15, -0.1) is 0 Å². The number of hydrogen-bond donors (Lipinski definition) is 2. The number of anilines is 1. The van der Waals surface area contributed by atoms with Crippen LogP contribution in [0.25, 0.3) is 0 Å². The molecule has 0 atom stereocenters. The van der Waals surface area contributed by atoms with Gasteiger partial charge in [-0.25, -0.2) is 4.79 Å². The molecule has 5 nitrogen and oxygen atoms in total. The zero-order chi connectivity index (χ0) is 12.7. The summed E-state index contributed by atoms with van der Waals surface area (Å²) in [5, 5.41) is 6.52. The van der Waals surface area contributed by atoms with Gasteiger partial charge in [0.25, 0.3) is 0 Å². The third-order valence-electron chi connectivity index (χ3n) is 1.84. The minimum Gasteiger partial charge on any atom is -0.447 e. The van der Waals surface area contributed by atoms with Crippen LogP contribution in [0.2, 0.25) is 0 Å². The predicted molar refractivity (Wildman–Crippen MR) is 68.3 cm³/mol. The Morgan fingerprint density at radius 2 is 2.00 bits per heavy atom. The van der Waals surface area contributed by atoms with E-state index in [0.717, 1.165) is 5.56 Å². The topological polar surface area (TPSA) is 62.7 Å². The number of amides is 1. The van der Waals surface area contributed by atoms with Crippen LogP contribution < -0.4 is 10.7 Å². The van der Waals surface area contributed by atoms with Crippen LogP contribution >= 0.6 is 0 Å². The first-order chi connectivity index (χ1) is 8.11. The predicted octanol–water partition coefficient (Wildman–Crippen LogP) is 2.20. The fourth-order valence-corrected chi connectivity index (χ4v) is 1.15. The van der Waals surface area contributed by atoms with Gasteiger partial charge in [-0.05, 0) is 31.5 Å². The Kier molecular flexibility index (Phi) is 5.00. The highest BCUT2D eigenvalue weighted by molar-refractivity contribution is 5.86. The molecule has 1 amide bonds. The van der Waals surface area contributed by atoms with E-state index in [1.807, 2.05) is 12.1 Å². The summed E-state index contributed by atoms with van der Waals surface area (Å²) in [6, 6.07) is 7.29. The third kappa shape index (κ3) is 5.01. The Balaban J connectivity index is 2.56. The zero-order valence-electron chi connectivity index (χ0n) is 10.2. The van der Waals surface area contributed by atoms with Crippen molar-refractivity contribution in [2.75, 3.05) is 12.4 Å². The summed E-state index contributed by atoms with van der Waals surface area (Å²) in [5.41, 5.74) is 4.30. The lowest BCUT2D eigenvalue weighted by atomic mass is 10.2. The molecule has 0 bridgehead atoms. The van der Waals surface area contributed by atoms with E-state index in [1.165, 1.54) is 0 Å². The molecular formula is C12H17N3O2. The van der Waals surface area contributed by atoms with E-state index in [0.29, 0.717) is 5.69 Å². The van der Waals surface area contributed by atoms with Crippen molar-refractivity contribution in [3.63, 3.8) is 0 Å². The SMILES string of the molecule is CNN=Cc1ccc(NC(=O)OC(C)C)cc1. The van der Waals surface area contributed by atoms with E-state index >= 15 is 0 Å². The molecule has 1 aromatic rings. The summed E-state index contributed by atoms with van der Waals surface area (Å²) >= 11 is 0. The van der Waals surface area contributed by atoms with Gasteiger partial charge in [0.2, 0.25) is 0 Å². The second-order valence-corrected chi connectivity index (χ2v) is 3.68. The number of carbonyl (C=O) groups is 1. The highest BCUT2D eigenvalue weighted by atomic mass is 16.6. The summed E-state index contributed by atoms with van der Waals surface area (Å²) in [6.07, 6.45) is 1.12. The summed E-state index contributed by atoms with van der Waals surface area (Å²) in [7, 11) is 1.73. The molecule has 0 fully saturated rings. The van der Waals surface area contributed by atoms with Gasteiger partial charge in [0.1, 0.15) is 0 Å². The van der Waals surface area contributed by atoms with Gasteiger partial charge in [0.15, 0.2) is 0 Å². The lowest BCUT2D eigenvalue weighted by molar-refractivity contribution is 0.130. The van der Waals surface area contributed by atoms with Gasteiger partial charge in [-0.3, -0.25) is 5.32 Å². The van der Waals surface area contributed by atoms with Gasteiger partial charge < -0.3 is 10.2 Å². The number of hydrogen-bond acceptors (Lipinski definition) is 4. The van der Waals surface area contributed by atoms with Crippen LogP contribution in [0.1, 0.15) is 19.4 Å². The van der Waals surface area contributed by atoms with Crippen LogP contribution in [-0.2, 0) is 4.74 Å². The molecule has 2 N–H and O–H groups in total. The lowest BCUT2D eigenvalue weighted by Gasteiger charge is -2.09. The molecule has 0 unspecified atom stereocenters. The van der Waals surface area contributed by atoms with Crippen molar-refractivity contribution in [1.82, 2.24) is 5.43 Å². The summed E-state index contributed by atoms with van der Waals surface area (Å²) < 4.78 is 4.96. The first kappa shape index (κ1) is 13.0. The van der Waals surface area contributed by atoms with Gasteiger partial charge in [0, 0.05) is 12.7 Å². The number of carbonyl (C=O) groups excluding carboxylic acids is 1. The second-order valence-electron chi connectivity index (χ2n) is 3.68. The van der Waals surface area contributed by atoms with Crippen molar-refractivity contribution in [3.05, 3.63) is 29.8 Å². The van der Waals surface area contributed by atoms with E-state index < -0.39 is 6.09 Å². The number of nitrogens with zero attached hydrogens (tertiary/aromatic N) is 1. The fraction of sp³-hybridized carbons (Fsp3) is 0.333. The average Bonchev–Trinajstić information content (AvgIpc) is 2.27. The van der Waals surface area contributed by atoms with E-state index in [1.54, 1.807) is 39.2 Å². The van der Waals surface area contributed by atoms with Gasteiger partial charge >= 0.3 is 6.09 Å². The minimum absolute atomic E-state index is 0.128. The molecule has 92 valence electrons. The Morgan fingerprint density at radius 3 is 2.53 bits per heavy atom. The van der Waals surface area contributed by atoms with Crippen molar-refractivity contribution < 1.29 is 9.53 Å². The number of benzene rings is 1. The molecule has 0 heterocycles. The summed E-state index contributed by atoms with van der Waals surface area (Å²) in [6.45, 7) is 3.60.